The monoisotopic (exact) mass is 672 g/mol. The van der Waals surface area contributed by atoms with Crippen molar-refractivity contribution >= 4 is 19.8 Å². The van der Waals surface area contributed by atoms with Gasteiger partial charge in [0.1, 0.15) is 6.61 Å². The highest BCUT2D eigenvalue weighted by Crippen LogP contribution is 2.35. The predicted molar refractivity (Wildman–Crippen MR) is 189 cm³/mol. The second kappa shape index (κ2) is 33.4. The first-order valence-electron chi connectivity index (χ1n) is 18.7. The van der Waals surface area contributed by atoms with Gasteiger partial charge < -0.3 is 19.3 Å². The van der Waals surface area contributed by atoms with E-state index in [4.69, 9.17) is 19.3 Å². The first-order valence-corrected chi connectivity index (χ1v) is 20.2. The van der Waals surface area contributed by atoms with Gasteiger partial charge in [-0.05, 0) is 19.3 Å². The van der Waals surface area contributed by atoms with Crippen LogP contribution in [0, 0.1) is 0 Å². The van der Waals surface area contributed by atoms with Crippen LogP contribution in [0.4, 0.5) is 0 Å². The average Bonchev–Trinajstić information content (AvgIpc) is 3.02. The molecule has 0 unspecified atom stereocenters. The van der Waals surface area contributed by atoms with E-state index < -0.39 is 32.5 Å². The summed E-state index contributed by atoms with van der Waals surface area (Å²) in [6.07, 6.45) is 36.7. The summed E-state index contributed by atoms with van der Waals surface area (Å²) < 4.78 is 26.1. The van der Waals surface area contributed by atoms with Crippen LogP contribution in [0.25, 0.3) is 0 Å². The van der Waals surface area contributed by atoms with E-state index in [1.807, 2.05) is 6.08 Å². The minimum absolute atomic E-state index is 0.252. The summed E-state index contributed by atoms with van der Waals surface area (Å²) in [7, 11) is -4.77. The summed E-state index contributed by atoms with van der Waals surface area (Å²) in [4.78, 5) is 42.5. The molecule has 0 amide bonds. The molecule has 0 saturated carbocycles. The highest BCUT2D eigenvalue weighted by Gasteiger charge is 2.22. The molecule has 1 atom stereocenters. The minimum atomic E-state index is -4.77. The lowest BCUT2D eigenvalue weighted by Gasteiger charge is -2.17. The molecule has 0 bridgehead atoms. The van der Waals surface area contributed by atoms with Crippen molar-refractivity contribution < 1.29 is 37.9 Å². The molecule has 46 heavy (non-hydrogen) atoms. The van der Waals surface area contributed by atoms with Crippen molar-refractivity contribution in [1.82, 2.24) is 0 Å². The number of hydrogen-bond acceptors (Lipinski definition) is 6. The molecule has 0 aromatic carbocycles. The molecule has 2 N–H and O–H groups in total. The molecule has 270 valence electrons. The van der Waals surface area contributed by atoms with Gasteiger partial charge in [-0.1, -0.05) is 173 Å². The zero-order chi connectivity index (χ0) is 34.0. The summed E-state index contributed by atoms with van der Waals surface area (Å²) >= 11 is 0. The summed E-state index contributed by atoms with van der Waals surface area (Å²) in [6, 6.07) is 0. The molecule has 0 fully saturated rings. The zero-order valence-corrected chi connectivity index (χ0v) is 30.4. The van der Waals surface area contributed by atoms with Crippen LogP contribution in [0.5, 0.6) is 0 Å². The Hall–Kier alpha value is -1.47. The van der Waals surface area contributed by atoms with Crippen molar-refractivity contribution in [2.24, 2.45) is 0 Å². The van der Waals surface area contributed by atoms with Gasteiger partial charge in [0.15, 0.2) is 6.10 Å². The maximum atomic E-state index is 12.2. The van der Waals surface area contributed by atoms with Gasteiger partial charge in [0, 0.05) is 12.5 Å². The van der Waals surface area contributed by atoms with Gasteiger partial charge in [-0.3, -0.25) is 9.32 Å². The minimum Gasteiger partial charge on any atom is -0.462 e. The lowest BCUT2D eigenvalue weighted by Crippen LogP contribution is -2.29. The quantitative estimate of drug-likeness (QED) is 0.0228. The normalized spacial score (nSPS) is 12.7. The molecule has 0 aliphatic rings. The Bertz CT molecular complexity index is 807. The SMILES string of the molecule is CCCCCCCCCCCC=CC=CC(=O)O[C@H](COC(=O)CCCCCCCCCCCCCCCCC)COP(=O)(O)O. The molecule has 0 aromatic rings. The Morgan fingerprint density at radius 2 is 1.04 bits per heavy atom. The van der Waals surface area contributed by atoms with E-state index >= 15 is 0 Å². The zero-order valence-electron chi connectivity index (χ0n) is 29.5. The van der Waals surface area contributed by atoms with Gasteiger partial charge in [0.2, 0.25) is 0 Å². The Balaban J connectivity index is 4.04. The van der Waals surface area contributed by atoms with Crippen molar-refractivity contribution in [3.05, 3.63) is 24.3 Å². The predicted octanol–water partition coefficient (Wildman–Crippen LogP) is 10.8. The van der Waals surface area contributed by atoms with Crippen molar-refractivity contribution in [3.63, 3.8) is 0 Å². The molecule has 9 heteroatoms. The maximum absolute atomic E-state index is 12.2. The van der Waals surface area contributed by atoms with Gasteiger partial charge in [-0.2, -0.15) is 0 Å². The van der Waals surface area contributed by atoms with Crippen LogP contribution in [-0.4, -0.2) is 41.0 Å². The fourth-order valence-electron chi connectivity index (χ4n) is 5.28. The lowest BCUT2D eigenvalue weighted by molar-refractivity contribution is -0.157. The van der Waals surface area contributed by atoms with Gasteiger partial charge >= 0.3 is 19.8 Å². The number of phosphoric ester groups is 1. The third-order valence-corrected chi connectivity index (χ3v) is 8.57. The van der Waals surface area contributed by atoms with Crippen molar-refractivity contribution in [2.45, 2.75) is 187 Å². The average molecular weight is 673 g/mol. The maximum Gasteiger partial charge on any atom is 0.469 e. The second-order valence-electron chi connectivity index (χ2n) is 12.6. The second-order valence-corrected chi connectivity index (χ2v) is 13.9. The fourth-order valence-corrected chi connectivity index (χ4v) is 5.64. The standard InChI is InChI=1S/C37H69O8P/c1-3-5-7-9-11-13-15-17-18-20-21-23-25-27-29-31-36(38)43-33-35(34-44-46(40,41)42)45-37(39)32-30-28-26-24-22-19-16-14-12-10-8-6-4-2/h26,28,30,32,35H,3-25,27,29,31,33-34H2,1-2H3,(H2,40,41,42)/t35-/m1/s1. The number of carbonyl (C=O) groups excluding carboxylic acids is 2. The first-order chi connectivity index (χ1) is 22.3. The van der Waals surface area contributed by atoms with E-state index in [0.717, 1.165) is 25.7 Å². The van der Waals surface area contributed by atoms with Crippen LogP contribution in [-0.2, 0) is 28.2 Å². The van der Waals surface area contributed by atoms with Crippen LogP contribution in [0.2, 0.25) is 0 Å². The summed E-state index contributed by atoms with van der Waals surface area (Å²) in [5.41, 5.74) is 0. The van der Waals surface area contributed by atoms with E-state index in [1.54, 1.807) is 12.2 Å². The van der Waals surface area contributed by atoms with Gasteiger partial charge in [0.05, 0.1) is 6.61 Å². The molecule has 0 radical (unpaired) electrons. The molecule has 0 heterocycles. The molecule has 0 aliphatic carbocycles. The van der Waals surface area contributed by atoms with Crippen LogP contribution in [0.1, 0.15) is 181 Å². The first kappa shape index (κ1) is 44.5. The fraction of sp³-hybridized carbons (Fsp3) is 0.838. The number of unbranched alkanes of at least 4 members (excludes halogenated alkanes) is 23. The van der Waals surface area contributed by atoms with Crippen LogP contribution in [0.15, 0.2) is 24.3 Å². The number of allylic oxidation sites excluding steroid dienone is 3. The van der Waals surface area contributed by atoms with Crippen molar-refractivity contribution in [3.8, 4) is 0 Å². The third kappa shape index (κ3) is 35.4. The lowest BCUT2D eigenvalue weighted by atomic mass is 10.0. The number of carbonyl (C=O) groups is 2. The van der Waals surface area contributed by atoms with E-state index in [1.165, 1.54) is 134 Å². The Morgan fingerprint density at radius 3 is 1.50 bits per heavy atom. The topological polar surface area (TPSA) is 119 Å². The highest BCUT2D eigenvalue weighted by molar-refractivity contribution is 7.46. The summed E-state index contributed by atoms with van der Waals surface area (Å²) in [6.45, 7) is 3.58. The molecule has 0 rings (SSSR count). The number of esters is 2. The highest BCUT2D eigenvalue weighted by atomic mass is 31.2. The molecular formula is C37H69O8P. The van der Waals surface area contributed by atoms with Crippen LogP contribution < -0.4 is 0 Å². The number of rotatable bonds is 34. The summed E-state index contributed by atoms with van der Waals surface area (Å²) in [5.74, 6) is -1.13. The van der Waals surface area contributed by atoms with E-state index in [-0.39, 0.29) is 13.0 Å². The van der Waals surface area contributed by atoms with E-state index in [0.29, 0.717) is 6.42 Å². The summed E-state index contributed by atoms with van der Waals surface area (Å²) in [5, 5.41) is 0. The van der Waals surface area contributed by atoms with E-state index in [2.05, 4.69) is 18.4 Å². The molecular weight excluding hydrogens is 603 g/mol. The van der Waals surface area contributed by atoms with Crippen LogP contribution in [0.3, 0.4) is 0 Å². The molecule has 0 aromatic heterocycles. The third-order valence-electron chi connectivity index (χ3n) is 8.08. The van der Waals surface area contributed by atoms with Gasteiger partial charge in [0.25, 0.3) is 0 Å². The molecule has 0 spiro atoms. The van der Waals surface area contributed by atoms with Gasteiger partial charge in [-0.25, -0.2) is 9.36 Å². The smallest absolute Gasteiger partial charge is 0.462 e. The molecule has 0 aliphatic heterocycles. The van der Waals surface area contributed by atoms with Crippen LogP contribution >= 0.6 is 7.82 Å². The number of ether oxygens (including phenoxy) is 2. The largest absolute Gasteiger partial charge is 0.469 e. The molecule has 0 saturated heterocycles. The Kier molecular flexibility index (Phi) is 32.4. The Morgan fingerprint density at radius 1 is 0.609 bits per heavy atom. The Labute approximate surface area is 281 Å². The number of hydrogen-bond donors (Lipinski definition) is 2. The van der Waals surface area contributed by atoms with Crippen molar-refractivity contribution in [1.29, 1.82) is 0 Å². The van der Waals surface area contributed by atoms with Crippen molar-refractivity contribution in [2.75, 3.05) is 13.2 Å². The van der Waals surface area contributed by atoms with E-state index in [9.17, 15) is 14.2 Å². The van der Waals surface area contributed by atoms with Gasteiger partial charge in [-0.15, -0.1) is 0 Å². The molecule has 8 nitrogen and oxygen atoms in total. The number of phosphoric acid groups is 1.